The van der Waals surface area contributed by atoms with Crippen LogP contribution in [0.4, 0.5) is 15.8 Å². The van der Waals surface area contributed by atoms with Gasteiger partial charge in [-0.3, -0.25) is 14.5 Å². The number of amides is 2. The second-order valence-corrected chi connectivity index (χ2v) is 9.13. The van der Waals surface area contributed by atoms with Gasteiger partial charge in [-0.15, -0.1) is 0 Å². The van der Waals surface area contributed by atoms with E-state index in [1.165, 1.54) is 28.8 Å². The van der Waals surface area contributed by atoms with Crippen LogP contribution in [0.25, 0.3) is 0 Å². The molecular formula is C27H26FN3O4S. The van der Waals surface area contributed by atoms with Gasteiger partial charge >= 0.3 is 0 Å². The first-order valence-corrected chi connectivity index (χ1v) is 12.3. The van der Waals surface area contributed by atoms with E-state index in [1.807, 2.05) is 13.0 Å². The Bertz CT molecular complexity index is 1250. The topological polar surface area (TPSA) is 80.2 Å². The van der Waals surface area contributed by atoms with Crippen LogP contribution in [-0.4, -0.2) is 40.8 Å². The molecule has 0 aliphatic carbocycles. The lowest BCUT2D eigenvalue weighted by Gasteiger charge is -2.32. The van der Waals surface area contributed by atoms with Gasteiger partial charge in [0.05, 0.1) is 25.9 Å². The van der Waals surface area contributed by atoms with Crippen molar-refractivity contribution < 1.29 is 23.5 Å². The smallest absolute Gasteiger partial charge is 0.238 e. The number of carbonyl (C=O) groups excluding carboxylic acids is 2. The van der Waals surface area contributed by atoms with Gasteiger partial charge in [0.2, 0.25) is 11.8 Å². The normalized spacial score (nSPS) is 16.6. The third-order valence-electron chi connectivity index (χ3n) is 5.40. The van der Waals surface area contributed by atoms with Crippen molar-refractivity contribution in [1.82, 2.24) is 4.90 Å². The molecule has 186 valence electrons. The lowest BCUT2D eigenvalue weighted by molar-refractivity contribution is -0.129. The van der Waals surface area contributed by atoms with Gasteiger partial charge in [0, 0.05) is 18.2 Å². The molecule has 0 unspecified atom stereocenters. The Morgan fingerprint density at radius 1 is 1.11 bits per heavy atom. The van der Waals surface area contributed by atoms with E-state index < -0.39 is 5.25 Å². The number of methoxy groups -OCH3 is 1. The summed E-state index contributed by atoms with van der Waals surface area (Å²) in [5.74, 6) is 0.436. The zero-order valence-electron chi connectivity index (χ0n) is 19.9. The molecule has 0 bridgehead atoms. The monoisotopic (exact) mass is 507 g/mol. The number of anilines is 1. The van der Waals surface area contributed by atoms with E-state index in [2.05, 4.69) is 10.3 Å². The summed E-state index contributed by atoms with van der Waals surface area (Å²) < 4.78 is 24.1. The summed E-state index contributed by atoms with van der Waals surface area (Å²) in [5, 5.41) is 2.60. The predicted molar refractivity (Wildman–Crippen MR) is 139 cm³/mol. The molecule has 1 aliphatic rings. The van der Waals surface area contributed by atoms with E-state index in [-0.39, 0.29) is 30.6 Å². The van der Waals surface area contributed by atoms with Crippen molar-refractivity contribution in [3.63, 3.8) is 0 Å². The van der Waals surface area contributed by atoms with E-state index in [0.717, 1.165) is 5.56 Å². The van der Waals surface area contributed by atoms with Gasteiger partial charge in [0.1, 0.15) is 22.6 Å². The molecule has 1 aliphatic heterocycles. The third-order valence-corrected chi connectivity index (χ3v) is 6.58. The fraction of sp³-hybridized carbons (Fsp3) is 0.222. The first-order chi connectivity index (χ1) is 17.4. The molecule has 3 aromatic carbocycles. The number of ether oxygens (including phenoxy) is 2. The Morgan fingerprint density at radius 2 is 1.86 bits per heavy atom. The van der Waals surface area contributed by atoms with Crippen molar-refractivity contribution in [3.8, 4) is 11.5 Å². The molecule has 1 fully saturated rings. The molecule has 1 N–H and O–H groups in total. The van der Waals surface area contributed by atoms with E-state index >= 15 is 0 Å². The van der Waals surface area contributed by atoms with Crippen molar-refractivity contribution in [2.75, 3.05) is 19.0 Å². The second kappa shape index (κ2) is 11.7. The number of hydrogen-bond donors (Lipinski definition) is 1. The second-order valence-electron chi connectivity index (χ2n) is 7.96. The van der Waals surface area contributed by atoms with Crippen LogP contribution in [0, 0.1) is 5.82 Å². The Hall–Kier alpha value is -3.85. The summed E-state index contributed by atoms with van der Waals surface area (Å²) in [6.45, 7) is 2.61. The number of nitrogens with zero attached hydrogens (tertiary/aromatic N) is 2. The largest absolute Gasteiger partial charge is 0.497 e. The highest BCUT2D eigenvalue weighted by Crippen LogP contribution is 2.32. The first kappa shape index (κ1) is 25.2. The Kier molecular flexibility index (Phi) is 8.22. The van der Waals surface area contributed by atoms with Crippen molar-refractivity contribution in [1.29, 1.82) is 0 Å². The predicted octanol–water partition coefficient (Wildman–Crippen LogP) is 5.39. The van der Waals surface area contributed by atoms with Crippen LogP contribution in [0.1, 0.15) is 18.9 Å². The maximum atomic E-state index is 13.4. The molecule has 3 aromatic rings. The van der Waals surface area contributed by atoms with Gasteiger partial charge in [0.25, 0.3) is 0 Å². The molecule has 1 atom stereocenters. The van der Waals surface area contributed by atoms with Crippen LogP contribution < -0.4 is 14.8 Å². The number of carbonyl (C=O) groups is 2. The van der Waals surface area contributed by atoms with Crippen LogP contribution in [0.5, 0.6) is 11.5 Å². The molecule has 0 radical (unpaired) electrons. The lowest BCUT2D eigenvalue weighted by atomic mass is 10.2. The van der Waals surface area contributed by atoms with Gasteiger partial charge in [-0.05, 0) is 61.0 Å². The zero-order valence-corrected chi connectivity index (χ0v) is 20.8. The molecule has 0 spiro atoms. The molecule has 1 saturated heterocycles. The summed E-state index contributed by atoms with van der Waals surface area (Å²) in [6.07, 6.45) is 0.00444. The molecule has 1 heterocycles. The average Bonchev–Trinajstić information content (AvgIpc) is 2.88. The summed E-state index contributed by atoms with van der Waals surface area (Å²) in [6, 6.07) is 20.2. The van der Waals surface area contributed by atoms with Crippen molar-refractivity contribution in [2.24, 2.45) is 4.99 Å². The Labute approximate surface area is 213 Å². The molecule has 9 heteroatoms. The first-order valence-electron chi connectivity index (χ1n) is 11.4. The minimum absolute atomic E-state index is 0.00444. The van der Waals surface area contributed by atoms with Crippen molar-refractivity contribution >= 4 is 40.1 Å². The number of rotatable bonds is 8. The van der Waals surface area contributed by atoms with Crippen LogP contribution in [0.15, 0.2) is 77.8 Å². The molecule has 0 saturated carbocycles. The maximum Gasteiger partial charge on any atom is 0.238 e. The Morgan fingerprint density at radius 3 is 2.56 bits per heavy atom. The van der Waals surface area contributed by atoms with Crippen LogP contribution >= 0.6 is 11.8 Å². The highest BCUT2D eigenvalue weighted by atomic mass is 32.2. The van der Waals surface area contributed by atoms with E-state index in [9.17, 15) is 14.0 Å². The molecule has 2 amide bonds. The molecule has 4 rings (SSSR count). The average molecular weight is 508 g/mol. The molecule has 0 aromatic heterocycles. The van der Waals surface area contributed by atoms with E-state index in [4.69, 9.17) is 9.47 Å². The fourth-order valence-corrected chi connectivity index (χ4v) is 4.69. The highest BCUT2D eigenvalue weighted by Gasteiger charge is 2.36. The number of aliphatic imine (C=N–C) groups is 1. The fourth-order valence-electron chi connectivity index (χ4n) is 3.59. The van der Waals surface area contributed by atoms with Crippen molar-refractivity contribution in [3.05, 3.63) is 84.2 Å². The van der Waals surface area contributed by atoms with Gasteiger partial charge in [-0.1, -0.05) is 30.0 Å². The van der Waals surface area contributed by atoms with Gasteiger partial charge in [-0.2, -0.15) is 0 Å². The number of benzene rings is 3. The molecule has 7 nitrogen and oxygen atoms in total. The van der Waals surface area contributed by atoms with Gasteiger partial charge < -0.3 is 14.8 Å². The van der Waals surface area contributed by atoms with Gasteiger partial charge in [-0.25, -0.2) is 9.38 Å². The minimum atomic E-state index is -0.672. The van der Waals surface area contributed by atoms with E-state index in [1.54, 1.807) is 61.7 Å². The number of nitrogens with one attached hydrogen (secondary N) is 1. The SMILES string of the molecule is CCOc1cccc(NC(=O)[C@@H]2CC(=O)N(Cc3ccc(F)cc3)C(=Nc3ccc(OC)cc3)S2)c1. The summed E-state index contributed by atoms with van der Waals surface area (Å²) >= 11 is 1.22. The summed E-state index contributed by atoms with van der Waals surface area (Å²) in [5.41, 5.74) is 1.95. The van der Waals surface area contributed by atoms with Crippen LogP contribution in [0.3, 0.4) is 0 Å². The minimum Gasteiger partial charge on any atom is -0.497 e. The number of amidine groups is 1. The quantitative estimate of drug-likeness (QED) is 0.442. The zero-order chi connectivity index (χ0) is 25.5. The molecule has 36 heavy (non-hydrogen) atoms. The van der Waals surface area contributed by atoms with Crippen LogP contribution in [0.2, 0.25) is 0 Å². The third kappa shape index (κ3) is 6.42. The highest BCUT2D eigenvalue weighted by molar-refractivity contribution is 8.15. The lowest BCUT2D eigenvalue weighted by Crippen LogP contribution is -2.44. The number of halogens is 1. The Balaban J connectivity index is 1.57. The molecular weight excluding hydrogens is 481 g/mol. The summed E-state index contributed by atoms with van der Waals surface area (Å²) in [4.78, 5) is 32.5. The van der Waals surface area contributed by atoms with Crippen LogP contribution in [-0.2, 0) is 16.1 Å². The van der Waals surface area contributed by atoms with Gasteiger partial charge in [0.15, 0.2) is 5.17 Å². The van der Waals surface area contributed by atoms with Crippen molar-refractivity contribution in [2.45, 2.75) is 25.1 Å². The standard InChI is InChI=1S/C27H26FN3O4S/c1-3-35-23-6-4-5-21(15-23)29-26(33)24-16-25(32)31(17-18-7-9-19(28)10-8-18)27(36-24)30-20-11-13-22(34-2)14-12-20/h4-15,24H,3,16-17H2,1-2H3,(H,29,33)/t24-/m0/s1. The van der Waals surface area contributed by atoms with E-state index in [0.29, 0.717) is 34.6 Å². The number of hydrogen-bond acceptors (Lipinski definition) is 6. The number of thioether (sulfide) groups is 1. The maximum absolute atomic E-state index is 13.4. The summed E-state index contributed by atoms with van der Waals surface area (Å²) in [7, 11) is 1.58.